The summed E-state index contributed by atoms with van der Waals surface area (Å²) in [6.45, 7) is 8.46. The van der Waals surface area contributed by atoms with Gasteiger partial charge in [0.05, 0.1) is 5.56 Å². The van der Waals surface area contributed by atoms with Crippen LogP contribution in [0.3, 0.4) is 0 Å². The third-order valence-electron chi connectivity index (χ3n) is 6.84. The minimum Gasteiger partial charge on any atom is -0.384 e. The van der Waals surface area contributed by atoms with E-state index in [1.807, 2.05) is 12.1 Å². The number of primary amides is 1. The van der Waals surface area contributed by atoms with E-state index in [1.165, 1.54) is 0 Å². The molecule has 2 aliphatic rings. The van der Waals surface area contributed by atoms with Crippen LogP contribution >= 0.6 is 0 Å². The second-order valence-electron chi connectivity index (χ2n) is 10.9. The summed E-state index contributed by atoms with van der Waals surface area (Å²) in [4.78, 5) is 43.5. The van der Waals surface area contributed by atoms with E-state index in [2.05, 4.69) is 41.3 Å². The lowest BCUT2D eigenvalue weighted by Gasteiger charge is -2.40. The average Bonchev–Trinajstić information content (AvgIpc) is 3.07. The van der Waals surface area contributed by atoms with Crippen LogP contribution in [0.2, 0.25) is 0 Å². The second kappa shape index (κ2) is 9.68. The Morgan fingerprint density at radius 3 is 2.26 bits per heavy atom. The molecule has 3 atom stereocenters. The van der Waals surface area contributed by atoms with Crippen LogP contribution in [0.4, 0.5) is 11.5 Å². The molecule has 0 aliphatic carbocycles. The number of carbonyl (C=O) groups is 3. The van der Waals surface area contributed by atoms with Gasteiger partial charge >= 0.3 is 0 Å². The second-order valence-corrected chi connectivity index (χ2v) is 10.9. The molecule has 0 radical (unpaired) electrons. The molecule has 1 aromatic carbocycles. The molecule has 3 heterocycles. The Hall–Kier alpha value is -3.42. The molecule has 4 N–H and O–H groups in total. The quantitative estimate of drug-likeness (QED) is 0.523. The van der Waals surface area contributed by atoms with E-state index in [4.69, 9.17) is 5.73 Å². The summed E-state index contributed by atoms with van der Waals surface area (Å²) in [5, 5.41) is 6.48. The van der Waals surface area contributed by atoms with Crippen molar-refractivity contribution in [3.8, 4) is 0 Å². The first-order chi connectivity index (χ1) is 16.5. The van der Waals surface area contributed by atoms with E-state index >= 15 is 0 Å². The number of nitrogens with zero attached hydrogens (tertiary/aromatic N) is 2. The number of benzene rings is 1. The Bertz CT molecular complexity index is 1110. The lowest BCUT2D eigenvalue weighted by Crippen LogP contribution is -2.50. The molecule has 2 bridgehead atoms. The van der Waals surface area contributed by atoms with Crippen LogP contribution in [0.15, 0.2) is 36.5 Å². The minimum absolute atomic E-state index is 0.00166. The van der Waals surface area contributed by atoms with Gasteiger partial charge in [-0.15, -0.1) is 0 Å². The number of carbonyl (C=O) groups excluding carboxylic acids is 3. The Morgan fingerprint density at radius 2 is 1.71 bits per heavy atom. The van der Waals surface area contributed by atoms with Gasteiger partial charge in [0, 0.05) is 47.7 Å². The minimum atomic E-state index is -0.526. The molecule has 186 valence electrons. The number of aromatic nitrogens is 1. The number of fused-ring (bicyclic) bond motifs is 2. The molecule has 2 saturated heterocycles. The van der Waals surface area contributed by atoms with Crippen LogP contribution in [0.1, 0.15) is 84.5 Å². The van der Waals surface area contributed by atoms with Gasteiger partial charge in [-0.3, -0.25) is 14.4 Å². The molecule has 1 aromatic heterocycles. The number of rotatable bonds is 7. The zero-order chi connectivity index (χ0) is 25.3. The van der Waals surface area contributed by atoms with Crippen LogP contribution in [0.5, 0.6) is 0 Å². The fraction of sp³-hybridized carbons (Fsp3) is 0.481. The maximum atomic E-state index is 13.1. The molecular formula is C27H35N5O3. The molecule has 2 fully saturated rings. The van der Waals surface area contributed by atoms with Crippen molar-refractivity contribution in [2.75, 3.05) is 16.8 Å². The van der Waals surface area contributed by atoms with Gasteiger partial charge in [0.25, 0.3) is 11.8 Å². The SMILES string of the molecule is CC(=O)c1ccc(N2[C@@H]3CC[C@H]2C[C@@H](NC(=O)c2ccc(C(N)=O)c(NCC(C)(C)C)c2)C3)nc1. The molecule has 2 aromatic rings. The van der Waals surface area contributed by atoms with E-state index in [1.54, 1.807) is 31.3 Å². The van der Waals surface area contributed by atoms with E-state index in [0.717, 1.165) is 31.5 Å². The van der Waals surface area contributed by atoms with Crippen molar-refractivity contribution in [3.05, 3.63) is 53.2 Å². The number of piperidine rings is 1. The van der Waals surface area contributed by atoms with E-state index in [9.17, 15) is 14.4 Å². The third kappa shape index (κ3) is 5.63. The largest absolute Gasteiger partial charge is 0.384 e. The number of hydrogen-bond acceptors (Lipinski definition) is 6. The van der Waals surface area contributed by atoms with Gasteiger partial charge in [0.15, 0.2) is 5.78 Å². The number of pyridine rings is 1. The van der Waals surface area contributed by atoms with Gasteiger partial charge in [-0.1, -0.05) is 20.8 Å². The summed E-state index contributed by atoms with van der Waals surface area (Å²) in [6, 6.07) is 9.41. The van der Waals surface area contributed by atoms with Gasteiger partial charge in [0.2, 0.25) is 0 Å². The molecule has 35 heavy (non-hydrogen) atoms. The molecule has 0 unspecified atom stereocenters. The molecule has 8 nitrogen and oxygen atoms in total. The highest BCUT2D eigenvalue weighted by Gasteiger charge is 2.41. The normalized spacial score (nSPS) is 21.5. The first-order valence-electron chi connectivity index (χ1n) is 12.3. The molecule has 0 spiro atoms. The zero-order valence-corrected chi connectivity index (χ0v) is 20.9. The Labute approximate surface area is 206 Å². The highest BCUT2D eigenvalue weighted by atomic mass is 16.2. The summed E-state index contributed by atoms with van der Waals surface area (Å²) in [6.07, 6.45) is 5.44. The first-order valence-corrected chi connectivity index (χ1v) is 12.3. The maximum absolute atomic E-state index is 13.1. The Balaban J connectivity index is 1.44. The fourth-order valence-corrected chi connectivity index (χ4v) is 5.09. The summed E-state index contributed by atoms with van der Waals surface area (Å²) in [7, 11) is 0. The van der Waals surface area contributed by atoms with Crippen LogP contribution in [0, 0.1) is 5.41 Å². The third-order valence-corrected chi connectivity index (χ3v) is 6.84. The summed E-state index contributed by atoms with van der Waals surface area (Å²) in [5.41, 5.74) is 7.62. The predicted octanol–water partition coefficient (Wildman–Crippen LogP) is 3.77. The predicted molar refractivity (Wildman–Crippen MR) is 137 cm³/mol. The number of nitrogens with one attached hydrogen (secondary N) is 2. The van der Waals surface area contributed by atoms with Gasteiger partial charge in [-0.05, 0) is 68.4 Å². The lowest BCUT2D eigenvalue weighted by molar-refractivity contribution is 0.0924. The Morgan fingerprint density at radius 1 is 1.06 bits per heavy atom. The molecule has 2 amide bonds. The van der Waals surface area contributed by atoms with Gasteiger partial charge < -0.3 is 21.3 Å². The van der Waals surface area contributed by atoms with Crippen molar-refractivity contribution in [2.45, 2.75) is 71.5 Å². The van der Waals surface area contributed by atoms with Crippen LogP contribution in [-0.2, 0) is 0 Å². The highest BCUT2D eigenvalue weighted by molar-refractivity contribution is 6.02. The average molecular weight is 478 g/mol. The molecular weight excluding hydrogens is 442 g/mol. The highest BCUT2D eigenvalue weighted by Crippen LogP contribution is 2.38. The monoisotopic (exact) mass is 477 g/mol. The van der Waals surface area contributed by atoms with Crippen molar-refractivity contribution in [3.63, 3.8) is 0 Å². The van der Waals surface area contributed by atoms with Gasteiger partial charge in [-0.25, -0.2) is 4.98 Å². The number of ketones is 1. The zero-order valence-electron chi connectivity index (χ0n) is 20.9. The molecule has 8 heteroatoms. The van der Waals surface area contributed by atoms with Gasteiger partial charge in [-0.2, -0.15) is 0 Å². The smallest absolute Gasteiger partial charge is 0.251 e. The molecule has 2 aliphatic heterocycles. The first kappa shape index (κ1) is 24.7. The van der Waals surface area contributed by atoms with Crippen molar-refractivity contribution < 1.29 is 14.4 Å². The van der Waals surface area contributed by atoms with Crippen molar-refractivity contribution in [1.29, 1.82) is 0 Å². The van der Waals surface area contributed by atoms with Gasteiger partial charge in [0.1, 0.15) is 5.82 Å². The number of hydrogen-bond donors (Lipinski definition) is 3. The summed E-state index contributed by atoms with van der Waals surface area (Å²) >= 11 is 0. The molecule has 4 rings (SSSR count). The topological polar surface area (TPSA) is 117 Å². The summed E-state index contributed by atoms with van der Waals surface area (Å²) in [5.74, 6) is 0.224. The number of nitrogens with two attached hydrogens (primary N) is 1. The van der Waals surface area contributed by atoms with E-state index < -0.39 is 5.91 Å². The van der Waals surface area contributed by atoms with Crippen molar-refractivity contribution in [2.24, 2.45) is 11.1 Å². The van der Waals surface area contributed by atoms with E-state index in [-0.39, 0.29) is 23.1 Å². The number of Topliss-reactive ketones (excluding diaryl/α,β-unsaturated/α-hetero) is 1. The van der Waals surface area contributed by atoms with Crippen LogP contribution < -0.4 is 21.3 Å². The van der Waals surface area contributed by atoms with Crippen LogP contribution in [-0.4, -0.2) is 47.3 Å². The number of amides is 2. The van der Waals surface area contributed by atoms with Crippen molar-refractivity contribution >= 4 is 29.1 Å². The number of anilines is 2. The van der Waals surface area contributed by atoms with E-state index in [0.29, 0.717) is 41.0 Å². The summed E-state index contributed by atoms with van der Waals surface area (Å²) < 4.78 is 0. The standard InChI is InChI=1S/C27H35N5O3/c1-16(33)18-6-10-24(29-14-18)32-20-7-8-21(32)13-19(12-20)31-26(35)17-5-9-22(25(28)34)23(11-17)30-15-27(2,3)4/h5-6,9-11,14,19-21,30H,7-8,12-13,15H2,1-4H3,(H2,28,34)(H,31,35)/t19-,20+,21-. The van der Waals surface area contributed by atoms with Crippen LogP contribution in [0.25, 0.3) is 0 Å². The lowest BCUT2D eigenvalue weighted by atomic mass is 9.96. The maximum Gasteiger partial charge on any atom is 0.251 e. The Kier molecular flexibility index (Phi) is 6.83. The molecule has 0 saturated carbocycles. The fourth-order valence-electron chi connectivity index (χ4n) is 5.09. The van der Waals surface area contributed by atoms with Crippen molar-refractivity contribution in [1.82, 2.24) is 10.3 Å².